The molecule has 0 aliphatic rings. The molecule has 5 nitrogen and oxygen atoms in total. The van der Waals surface area contributed by atoms with Crippen LogP contribution in [-0.2, 0) is 4.79 Å². The zero-order valence-corrected chi connectivity index (χ0v) is 12.7. The lowest BCUT2D eigenvalue weighted by Crippen LogP contribution is -2.41. The lowest BCUT2D eigenvalue weighted by molar-refractivity contribution is -0.117. The second-order valence-corrected chi connectivity index (χ2v) is 4.92. The molecule has 0 aliphatic heterocycles. The molecule has 0 aliphatic carbocycles. The molecule has 0 saturated heterocycles. The third kappa shape index (κ3) is 4.31. The fraction of sp³-hybridized carbons (Fsp3) is 0. The van der Waals surface area contributed by atoms with E-state index in [2.05, 4.69) is 15.8 Å². The minimum atomic E-state index is -0.514. The number of nitrogens with one attached hydrogen (secondary N) is 2. The van der Waals surface area contributed by atoms with Gasteiger partial charge in [-0.25, -0.2) is 0 Å². The molecule has 2 N–H and O–H groups in total. The molecule has 0 atom stereocenters. The summed E-state index contributed by atoms with van der Waals surface area (Å²) in [5.74, 6) is -1.02. The van der Waals surface area contributed by atoms with Crippen LogP contribution in [-0.4, -0.2) is 16.8 Å². The van der Waals surface area contributed by atoms with Gasteiger partial charge in [0.1, 0.15) is 5.69 Å². The van der Waals surface area contributed by atoms with E-state index >= 15 is 0 Å². The third-order valence-corrected chi connectivity index (χ3v) is 3.43. The van der Waals surface area contributed by atoms with Crippen molar-refractivity contribution in [2.24, 2.45) is 0 Å². The van der Waals surface area contributed by atoms with Gasteiger partial charge in [-0.15, -0.1) is 0 Å². The summed E-state index contributed by atoms with van der Waals surface area (Å²) in [6, 6.07) is 9.97. The first kappa shape index (κ1) is 16.0. The smallest absolute Gasteiger partial charge is 0.268 e. The molecular formula is C15H11Cl2N3O2. The number of amides is 2. The van der Waals surface area contributed by atoms with Crippen LogP contribution in [0.5, 0.6) is 0 Å². The maximum atomic E-state index is 11.7. The van der Waals surface area contributed by atoms with Gasteiger partial charge in [0.05, 0.1) is 10.0 Å². The summed E-state index contributed by atoms with van der Waals surface area (Å²) in [6.45, 7) is 0. The zero-order chi connectivity index (χ0) is 15.9. The monoisotopic (exact) mass is 335 g/mol. The number of benzene rings is 1. The number of aromatic nitrogens is 1. The average molecular weight is 336 g/mol. The fourth-order valence-electron chi connectivity index (χ4n) is 1.54. The van der Waals surface area contributed by atoms with Gasteiger partial charge in [-0.05, 0) is 29.8 Å². The van der Waals surface area contributed by atoms with Crippen molar-refractivity contribution in [3.05, 3.63) is 70.0 Å². The predicted molar refractivity (Wildman–Crippen MR) is 85.3 cm³/mol. The van der Waals surface area contributed by atoms with Crippen LogP contribution in [0.1, 0.15) is 16.1 Å². The molecule has 0 unspecified atom stereocenters. The van der Waals surface area contributed by atoms with Crippen LogP contribution >= 0.6 is 23.2 Å². The van der Waals surface area contributed by atoms with Gasteiger partial charge in [-0.3, -0.25) is 25.4 Å². The van der Waals surface area contributed by atoms with E-state index in [4.69, 9.17) is 23.2 Å². The Bertz CT molecular complexity index is 718. The highest BCUT2D eigenvalue weighted by Gasteiger charge is 2.06. The van der Waals surface area contributed by atoms with Crippen molar-refractivity contribution in [1.82, 2.24) is 15.8 Å². The summed E-state index contributed by atoms with van der Waals surface area (Å²) in [6.07, 6.45) is 4.21. The Morgan fingerprint density at radius 2 is 1.86 bits per heavy atom. The van der Waals surface area contributed by atoms with Gasteiger partial charge in [0.25, 0.3) is 11.8 Å². The first-order valence-electron chi connectivity index (χ1n) is 6.21. The molecule has 112 valence electrons. The maximum Gasteiger partial charge on any atom is 0.288 e. The molecule has 2 rings (SSSR count). The van der Waals surface area contributed by atoms with E-state index in [1.165, 1.54) is 24.4 Å². The average Bonchev–Trinajstić information content (AvgIpc) is 2.54. The molecule has 1 aromatic carbocycles. The lowest BCUT2D eigenvalue weighted by atomic mass is 10.2. The van der Waals surface area contributed by atoms with E-state index < -0.39 is 11.8 Å². The van der Waals surface area contributed by atoms with Crippen molar-refractivity contribution in [1.29, 1.82) is 0 Å². The zero-order valence-electron chi connectivity index (χ0n) is 11.2. The second-order valence-electron chi connectivity index (χ2n) is 4.13. The largest absolute Gasteiger partial charge is 0.288 e. The highest BCUT2D eigenvalue weighted by atomic mass is 35.5. The van der Waals surface area contributed by atoms with Crippen molar-refractivity contribution in [2.75, 3.05) is 0 Å². The van der Waals surface area contributed by atoms with E-state index in [1.54, 1.807) is 30.3 Å². The number of pyridine rings is 1. The van der Waals surface area contributed by atoms with Crippen molar-refractivity contribution < 1.29 is 9.59 Å². The third-order valence-electron chi connectivity index (χ3n) is 2.59. The van der Waals surface area contributed by atoms with E-state index in [0.29, 0.717) is 15.6 Å². The highest BCUT2D eigenvalue weighted by molar-refractivity contribution is 6.42. The van der Waals surface area contributed by atoms with Gasteiger partial charge in [-0.2, -0.15) is 0 Å². The SMILES string of the molecule is O=C(/C=C/c1cccc(Cl)c1Cl)NNC(=O)c1ccccn1. The van der Waals surface area contributed by atoms with E-state index in [-0.39, 0.29) is 5.69 Å². The number of nitrogens with zero attached hydrogens (tertiary/aromatic N) is 1. The van der Waals surface area contributed by atoms with Crippen LogP contribution in [0.15, 0.2) is 48.7 Å². The Kier molecular flexibility index (Phi) is 5.52. The number of carbonyl (C=O) groups excluding carboxylic acids is 2. The molecule has 1 aromatic heterocycles. The topological polar surface area (TPSA) is 71.1 Å². The summed E-state index contributed by atoms with van der Waals surface area (Å²) in [4.78, 5) is 27.2. The highest BCUT2D eigenvalue weighted by Crippen LogP contribution is 2.26. The van der Waals surface area contributed by atoms with Gasteiger partial charge >= 0.3 is 0 Å². The van der Waals surface area contributed by atoms with Crippen LogP contribution in [0, 0.1) is 0 Å². The lowest BCUT2D eigenvalue weighted by Gasteiger charge is -2.04. The first-order chi connectivity index (χ1) is 10.6. The molecule has 0 radical (unpaired) electrons. The maximum absolute atomic E-state index is 11.7. The van der Waals surface area contributed by atoms with Gasteiger partial charge in [-0.1, -0.05) is 41.4 Å². The molecule has 1 heterocycles. The Labute approximate surface area is 136 Å². The quantitative estimate of drug-likeness (QED) is 0.669. The number of hydrazine groups is 1. The second kappa shape index (κ2) is 7.59. The standard InChI is InChI=1S/C15H11Cl2N3O2/c16-11-5-3-4-10(14(11)17)7-8-13(21)19-20-15(22)12-6-1-2-9-18-12/h1-9H,(H,19,21)(H,20,22)/b8-7+. The number of carbonyl (C=O) groups is 2. The Morgan fingerprint density at radius 3 is 2.59 bits per heavy atom. The van der Waals surface area contributed by atoms with Crippen LogP contribution < -0.4 is 10.9 Å². The molecule has 7 heteroatoms. The minimum absolute atomic E-state index is 0.199. The molecule has 2 amide bonds. The fourth-order valence-corrected chi connectivity index (χ4v) is 1.91. The van der Waals surface area contributed by atoms with E-state index in [1.807, 2.05) is 0 Å². The number of halogens is 2. The summed E-state index contributed by atoms with van der Waals surface area (Å²) >= 11 is 11.9. The normalized spacial score (nSPS) is 10.5. The summed E-state index contributed by atoms with van der Waals surface area (Å²) in [5, 5.41) is 0.749. The molecule has 0 saturated carbocycles. The van der Waals surface area contributed by atoms with Gasteiger partial charge in [0.2, 0.25) is 0 Å². The minimum Gasteiger partial charge on any atom is -0.268 e. The number of hydrogen-bond acceptors (Lipinski definition) is 3. The summed E-state index contributed by atoms with van der Waals surface area (Å²) < 4.78 is 0. The van der Waals surface area contributed by atoms with Crippen LogP contribution in [0.2, 0.25) is 10.0 Å². The molecule has 2 aromatic rings. The predicted octanol–water partition coefficient (Wildman–Crippen LogP) is 2.86. The number of hydrogen-bond donors (Lipinski definition) is 2. The molecule has 0 fully saturated rings. The molecule has 0 bridgehead atoms. The summed E-state index contributed by atoms with van der Waals surface area (Å²) in [5.41, 5.74) is 5.29. The Morgan fingerprint density at radius 1 is 1.05 bits per heavy atom. The van der Waals surface area contributed by atoms with Crippen LogP contribution in [0.4, 0.5) is 0 Å². The van der Waals surface area contributed by atoms with Gasteiger partial charge < -0.3 is 0 Å². The molecule has 22 heavy (non-hydrogen) atoms. The molecular weight excluding hydrogens is 325 g/mol. The molecule has 0 spiro atoms. The van der Waals surface area contributed by atoms with Crippen molar-refractivity contribution in [3.63, 3.8) is 0 Å². The van der Waals surface area contributed by atoms with Crippen molar-refractivity contribution >= 4 is 41.1 Å². The van der Waals surface area contributed by atoms with Crippen molar-refractivity contribution in [2.45, 2.75) is 0 Å². The van der Waals surface area contributed by atoms with E-state index in [0.717, 1.165) is 0 Å². The van der Waals surface area contributed by atoms with Crippen molar-refractivity contribution in [3.8, 4) is 0 Å². The Hall–Kier alpha value is -2.37. The van der Waals surface area contributed by atoms with Gasteiger partial charge in [0.15, 0.2) is 0 Å². The van der Waals surface area contributed by atoms with Crippen LogP contribution in [0.25, 0.3) is 6.08 Å². The number of rotatable bonds is 3. The van der Waals surface area contributed by atoms with Crippen LogP contribution in [0.3, 0.4) is 0 Å². The first-order valence-corrected chi connectivity index (χ1v) is 6.97. The Balaban J connectivity index is 1.92. The van der Waals surface area contributed by atoms with Gasteiger partial charge in [0, 0.05) is 12.3 Å². The summed E-state index contributed by atoms with van der Waals surface area (Å²) in [7, 11) is 0. The van der Waals surface area contributed by atoms with E-state index in [9.17, 15) is 9.59 Å².